The molecule has 0 aromatic heterocycles. The summed E-state index contributed by atoms with van der Waals surface area (Å²) in [4.78, 5) is 13.1. The van der Waals surface area contributed by atoms with E-state index in [0.29, 0.717) is 19.5 Å². The van der Waals surface area contributed by atoms with Gasteiger partial charge < -0.3 is 10.8 Å². The van der Waals surface area contributed by atoms with Crippen LogP contribution in [-0.4, -0.2) is 24.2 Å². The van der Waals surface area contributed by atoms with E-state index in [4.69, 9.17) is 16.4 Å². The Hall–Kier alpha value is -1.26. The molecule has 6 heteroatoms. The summed E-state index contributed by atoms with van der Waals surface area (Å²) in [5.41, 5.74) is 13.5. The standard InChI is InChI=1S/C8H16N4O2/c1-6(5-11-12-10)2-7(4-9)3-8(13)14/h6-7H,2-5,9H2,1H3,(H,13,14). The summed E-state index contributed by atoms with van der Waals surface area (Å²) in [5.74, 6) is -0.688. The van der Waals surface area contributed by atoms with Crippen molar-refractivity contribution in [3.63, 3.8) is 0 Å². The van der Waals surface area contributed by atoms with E-state index in [2.05, 4.69) is 10.0 Å². The molecule has 0 aliphatic carbocycles. The molecule has 0 bridgehead atoms. The third-order valence-corrected chi connectivity index (χ3v) is 1.99. The van der Waals surface area contributed by atoms with Gasteiger partial charge in [-0.3, -0.25) is 4.79 Å². The summed E-state index contributed by atoms with van der Waals surface area (Å²) < 4.78 is 0. The van der Waals surface area contributed by atoms with Crippen molar-refractivity contribution >= 4 is 5.97 Å². The second-order valence-electron chi connectivity index (χ2n) is 3.45. The first-order valence-electron chi connectivity index (χ1n) is 4.52. The molecule has 0 fully saturated rings. The number of carboxylic acid groups (broad SMARTS) is 1. The largest absolute Gasteiger partial charge is 0.481 e. The third-order valence-electron chi connectivity index (χ3n) is 1.99. The summed E-state index contributed by atoms with van der Waals surface area (Å²) in [6.45, 7) is 2.67. The van der Waals surface area contributed by atoms with Crippen LogP contribution in [0.15, 0.2) is 5.11 Å². The van der Waals surface area contributed by atoms with E-state index in [1.807, 2.05) is 6.92 Å². The number of carbonyl (C=O) groups is 1. The highest BCUT2D eigenvalue weighted by atomic mass is 16.4. The van der Waals surface area contributed by atoms with Crippen LogP contribution in [0.5, 0.6) is 0 Å². The highest BCUT2D eigenvalue weighted by Crippen LogP contribution is 2.15. The predicted octanol–water partition coefficient (Wildman–Crippen LogP) is 1.37. The minimum Gasteiger partial charge on any atom is -0.481 e. The molecular formula is C8H16N4O2. The van der Waals surface area contributed by atoms with Crippen molar-refractivity contribution in [1.29, 1.82) is 0 Å². The number of rotatable bonds is 7. The Labute approximate surface area is 82.7 Å². The van der Waals surface area contributed by atoms with Crippen LogP contribution in [-0.2, 0) is 4.79 Å². The van der Waals surface area contributed by atoms with Crippen molar-refractivity contribution in [2.45, 2.75) is 19.8 Å². The van der Waals surface area contributed by atoms with Crippen LogP contribution in [0, 0.1) is 11.8 Å². The van der Waals surface area contributed by atoms with E-state index < -0.39 is 5.97 Å². The molecule has 0 saturated carbocycles. The zero-order valence-electron chi connectivity index (χ0n) is 8.26. The molecule has 3 N–H and O–H groups in total. The second kappa shape index (κ2) is 7.17. The summed E-state index contributed by atoms with van der Waals surface area (Å²) in [7, 11) is 0. The van der Waals surface area contributed by atoms with Crippen molar-refractivity contribution in [2.24, 2.45) is 22.7 Å². The molecule has 80 valence electrons. The summed E-state index contributed by atoms with van der Waals surface area (Å²) in [6.07, 6.45) is 0.763. The minimum absolute atomic E-state index is 0.0311. The molecule has 0 aromatic rings. The van der Waals surface area contributed by atoms with Gasteiger partial charge >= 0.3 is 5.97 Å². The monoisotopic (exact) mass is 200 g/mol. The van der Waals surface area contributed by atoms with Gasteiger partial charge in [0.2, 0.25) is 0 Å². The molecular weight excluding hydrogens is 184 g/mol. The van der Waals surface area contributed by atoms with Gasteiger partial charge in [-0.05, 0) is 30.3 Å². The SMILES string of the molecule is CC(CN=[N+]=[N-])CC(CN)CC(=O)O. The molecule has 0 amide bonds. The molecule has 0 saturated heterocycles. The fourth-order valence-corrected chi connectivity index (χ4v) is 1.33. The molecule has 2 atom stereocenters. The van der Waals surface area contributed by atoms with Crippen LogP contribution < -0.4 is 5.73 Å². The molecule has 14 heavy (non-hydrogen) atoms. The highest BCUT2D eigenvalue weighted by Gasteiger charge is 2.14. The Balaban J connectivity index is 3.90. The Bertz CT molecular complexity index is 225. The lowest BCUT2D eigenvalue weighted by Gasteiger charge is -2.15. The molecule has 6 nitrogen and oxygen atoms in total. The van der Waals surface area contributed by atoms with Gasteiger partial charge in [-0.2, -0.15) is 0 Å². The van der Waals surface area contributed by atoms with Crippen LogP contribution in [0.4, 0.5) is 0 Å². The van der Waals surface area contributed by atoms with Gasteiger partial charge in [0.15, 0.2) is 0 Å². The highest BCUT2D eigenvalue weighted by molar-refractivity contribution is 5.67. The van der Waals surface area contributed by atoms with E-state index in [1.165, 1.54) is 0 Å². The fourth-order valence-electron chi connectivity index (χ4n) is 1.33. The van der Waals surface area contributed by atoms with E-state index in [1.54, 1.807) is 0 Å². The molecule has 2 unspecified atom stereocenters. The van der Waals surface area contributed by atoms with Gasteiger partial charge in [-0.25, -0.2) is 0 Å². The zero-order valence-corrected chi connectivity index (χ0v) is 8.26. The number of hydrogen-bond acceptors (Lipinski definition) is 3. The maximum atomic E-state index is 10.4. The Morgan fingerprint density at radius 1 is 1.71 bits per heavy atom. The maximum absolute atomic E-state index is 10.4. The van der Waals surface area contributed by atoms with Gasteiger partial charge in [-0.1, -0.05) is 12.0 Å². The van der Waals surface area contributed by atoms with Gasteiger partial charge in [0.25, 0.3) is 0 Å². The number of nitrogens with zero attached hydrogens (tertiary/aromatic N) is 3. The van der Waals surface area contributed by atoms with Crippen molar-refractivity contribution in [3.05, 3.63) is 10.4 Å². The Morgan fingerprint density at radius 2 is 2.36 bits per heavy atom. The van der Waals surface area contributed by atoms with Crippen molar-refractivity contribution in [2.75, 3.05) is 13.1 Å². The average Bonchev–Trinajstić information content (AvgIpc) is 2.12. The van der Waals surface area contributed by atoms with Crippen molar-refractivity contribution in [1.82, 2.24) is 0 Å². The number of hydrogen-bond donors (Lipinski definition) is 2. The normalized spacial score (nSPS) is 14.1. The first-order valence-corrected chi connectivity index (χ1v) is 4.52. The molecule has 0 heterocycles. The maximum Gasteiger partial charge on any atom is 0.303 e. The second-order valence-corrected chi connectivity index (χ2v) is 3.45. The quantitative estimate of drug-likeness (QED) is 0.367. The van der Waals surface area contributed by atoms with Gasteiger partial charge in [0.05, 0.1) is 0 Å². The fraction of sp³-hybridized carbons (Fsp3) is 0.875. The lowest BCUT2D eigenvalue weighted by atomic mass is 9.93. The van der Waals surface area contributed by atoms with Gasteiger partial charge in [0, 0.05) is 17.9 Å². The molecule has 0 aliphatic heterocycles. The number of aliphatic carboxylic acids is 1. The number of azide groups is 1. The zero-order chi connectivity index (χ0) is 11.0. The van der Waals surface area contributed by atoms with Gasteiger partial charge in [-0.15, -0.1) is 0 Å². The van der Waals surface area contributed by atoms with Crippen molar-refractivity contribution < 1.29 is 9.90 Å². The summed E-state index contributed by atoms with van der Waals surface area (Å²) >= 11 is 0. The van der Waals surface area contributed by atoms with Gasteiger partial charge in [0.1, 0.15) is 0 Å². The smallest absolute Gasteiger partial charge is 0.303 e. The summed E-state index contributed by atoms with van der Waals surface area (Å²) in [6, 6.07) is 0. The molecule has 0 aliphatic rings. The Kier molecular flexibility index (Phi) is 6.53. The first-order chi connectivity index (χ1) is 6.60. The van der Waals surface area contributed by atoms with E-state index in [9.17, 15) is 4.79 Å². The predicted molar refractivity (Wildman–Crippen MR) is 52.6 cm³/mol. The number of carboxylic acids is 1. The Morgan fingerprint density at radius 3 is 2.79 bits per heavy atom. The molecule has 0 spiro atoms. The average molecular weight is 200 g/mol. The first kappa shape index (κ1) is 12.7. The van der Waals surface area contributed by atoms with E-state index >= 15 is 0 Å². The van der Waals surface area contributed by atoms with Crippen molar-refractivity contribution in [3.8, 4) is 0 Å². The molecule has 0 aromatic carbocycles. The van der Waals surface area contributed by atoms with Crippen LogP contribution in [0.1, 0.15) is 19.8 Å². The third kappa shape index (κ3) is 6.28. The topological polar surface area (TPSA) is 112 Å². The van der Waals surface area contributed by atoms with Crippen LogP contribution in [0.25, 0.3) is 10.4 Å². The van der Waals surface area contributed by atoms with Crippen LogP contribution in [0.2, 0.25) is 0 Å². The van der Waals surface area contributed by atoms with E-state index in [-0.39, 0.29) is 18.3 Å². The van der Waals surface area contributed by atoms with E-state index in [0.717, 1.165) is 0 Å². The lowest BCUT2D eigenvalue weighted by molar-refractivity contribution is -0.138. The number of nitrogens with two attached hydrogens (primary N) is 1. The molecule has 0 radical (unpaired) electrons. The van der Waals surface area contributed by atoms with Crippen LogP contribution in [0.3, 0.4) is 0 Å². The molecule has 0 rings (SSSR count). The minimum atomic E-state index is -0.837. The van der Waals surface area contributed by atoms with Crippen LogP contribution >= 0.6 is 0 Å². The summed E-state index contributed by atoms with van der Waals surface area (Å²) in [5, 5.41) is 12.0. The lowest BCUT2D eigenvalue weighted by Crippen LogP contribution is -2.21.